The number of rotatable bonds is 4. The molecule has 2 rings (SSSR count). The smallest absolute Gasteiger partial charge is 0.142 e. The van der Waals surface area contributed by atoms with Gasteiger partial charge in [0.05, 0.1) is 25.5 Å². The fourth-order valence-corrected chi connectivity index (χ4v) is 1.80. The van der Waals surface area contributed by atoms with Gasteiger partial charge in [0.25, 0.3) is 0 Å². The number of nitrogens with zero attached hydrogens (tertiary/aromatic N) is 1. The van der Waals surface area contributed by atoms with Gasteiger partial charge in [-0.25, -0.2) is 0 Å². The standard InChI is InChI=1S/C12H17NO3/c14-7-10-16-12-4-2-1-3-11(12)13-5-8-15-9-6-13/h1-4,14H,5-10H2. The summed E-state index contributed by atoms with van der Waals surface area (Å²) in [5, 5.41) is 8.77. The lowest BCUT2D eigenvalue weighted by Gasteiger charge is -2.30. The number of ether oxygens (including phenoxy) is 2. The molecule has 1 aliphatic heterocycles. The second kappa shape index (κ2) is 5.72. The number of hydrogen-bond donors (Lipinski definition) is 1. The van der Waals surface area contributed by atoms with Gasteiger partial charge in [-0.2, -0.15) is 0 Å². The number of benzene rings is 1. The van der Waals surface area contributed by atoms with Crippen molar-refractivity contribution < 1.29 is 14.6 Å². The third-order valence-electron chi connectivity index (χ3n) is 2.57. The van der Waals surface area contributed by atoms with Gasteiger partial charge in [-0.05, 0) is 12.1 Å². The van der Waals surface area contributed by atoms with Crippen molar-refractivity contribution in [2.45, 2.75) is 0 Å². The number of morpholine rings is 1. The van der Waals surface area contributed by atoms with Crippen LogP contribution in [0, 0.1) is 0 Å². The van der Waals surface area contributed by atoms with Crippen molar-refractivity contribution in [1.29, 1.82) is 0 Å². The molecule has 1 fully saturated rings. The van der Waals surface area contributed by atoms with Crippen molar-refractivity contribution in [1.82, 2.24) is 0 Å². The molecule has 0 radical (unpaired) electrons. The van der Waals surface area contributed by atoms with Crippen molar-refractivity contribution in [2.24, 2.45) is 0 Å². The number of aliphatic hydroxyl groups excluding tert-OH is 1. The van der Waals surface area contributed by atoms with E-state index in [4.69, 9.17) is 14.6 Å². The maximum absolute atomic E-state index is 8.77. The Kier molecular flexibility index (Phi) is 4.02. The molecule has 88 valence electrons. The zero-order valence-corrected chi connectivity index (χ0v) is 9.26. The van der Waals surface area contributed by atoms with Crippen molar-refractivity contribution in [3.63, 3.8) is 0 Å². The van der Waals surface area contributed by atoms with E-state index >= 15 is 0 Å². The molecule has 0 aliphatic carbocycles. The number of anilines is 1. The van der Waals surface area contributed by atoms with Gasteiger partial charge in [-0.3, -0.25) is 0 Å². The van der Waals surface area contributed by atoms with E-state index in [9.17, 15) is 0 Å². The molecule has 1 N–H and O–H groups in total. The summed E-state index contributed by atoms with van der Waals surface area (Å²) in [7, 11) is 0. The van der Waals surface area contributed by atoms with E-state index < -0.39 is 0 Å². The first-order valence-corrected chi connectivity index (χ1v) is 5.57. The maximum Gasteiger partial charge on any atom is 0.142 e. The lowest BCUT2D eigenvalue weighted by atomic mass is 10.2. The number of aliphatic hydroxyl groups is 1. The Morgan fingerprint density at radius 1 is 1.25 bits per heavy atom. The van der Waals surface area contributed by atoms with Crippen LogP contribution in [0.1, 0.15) is 0 Å². The summed E-state index contributed by atoms with van der Waals surface area (Å²) in [6, 6.07) is 7.91. The predicted octanol–water partition coefficient (Wildman–Crippen LogP) is 0.894. The Balaban J connectivity index is 2.11. The molecule has 0 aromatic heterocycles. The van der Waals surface area contributed by atoms with Gasteiger partial charge >= 0.3 is 0 Å². The largest absolute Gasteiger partial charge is 0.489 e. The second-order valence-corrected chi connectivity index (χ2v) is 3.64. The molecule has 1 saturated heterocycles. The van der Waals surface area contributed by atoms with E-state index in [1.807, 2.05) is 24.3 Å². The first-order valence-electron chi connectivity index (χ1n) is 5.57. The molecule has 1 heterocycles. The Labute approximate surface area is 95.4 Å². The van der Waals surface area contributed by atoms with Crippen molar-refractivity contribution in [3.05, 3.63) is 24.3 Å². The SMILES string of the molecule is OCCOc1ccccc1N1CCOCC1. The van der Waals surface area contributed by atoms with Crippen LogP contribution in [-0.2, 0) is 4.74 Å². The number of para-hydroxylation sites is 2. The van der Waals surface area contributed by atoms with E-state index in [2.05, 4.69) is 4.90 Å². The molecule has 0 bridgehead atoms. The molecule has 0 saturated carbocycles. The molecule has 0 atom stereocenters. The second-order valence-electron chi connectivity index (χ2n) is 3.64. The zero-order valence-electron chi connectivity index (χ0n) is 9.26. The molecule has 0 unspecified atom stereocenters. The van der Waals surface area contributed by atoms with Gasteiger partial charge in [0.2, 0.25) is 0 Å². The summed E-state index contributed by atoms with van der Waals surface area (Å²) in [4.78, 5) is 2.25. The molecule has 0 amide bonds. The van der Waals surface area contributed by atoms with Crippen LogP contribution in [0.4, 0.5) is 5.69 Å². The van der Waals surface area contributed by atoms with Crippen LogP contribution < -0.4 is 9.64 Å². The predicted molar refractivity (Wildman–Crippen MR) is 62.1 cm³/mol. The minimum Gasteiger partial charge on any atom is -0.489 e. The van der Waals surface area contributed by atoms with Gasteiger partial charge in [0.1, 0.15) is 12.4 Å². The van der Waals surface area contributed by atoms with Crippen molar-refractivity contribution in [2.75, 3.05) is 44.4 Å². The highest BCUT2D eigenvalue weighted by Crippen LogP contribution is 2.28. The molecular formula is C12H17NO3. The molecule has 4 nitrogen and oxygen atoms in total. The normalized spacial score (nSPS) is 16.2. The van der Waals surface area contributed by atoms with Crippen LogP contribution in [-0.4, -0.2) is 44.6 Å². The Morgan fingerprint density at radius 2 is 2.00 bits per heavy atom. The fourth-order valence-electron chi connectivity index (χ4n) is 1.80. The van der Waals surface area contributed by atoms with Crippen LogP contribution in [0.2, 0.25) is 0 Å². The summed E-state index contributed by atoms with van der Waals surface area (Å²) in [6.07, 6.45) is 0. The fraction of sp³-hybridized carbons (Fsp3) is 0.500. The Hall–Kier alpha value is -1.26. The van der Waals surface area contributed by atoms with Crippen LogP contribution in [0.3, 0.4) is 0 Å². The first-order chi connectivity index (χ1) is 7.92. The zero-order chi connectivity index (χ0) is 11.2. The molecular weight excluding hydrogens is 206 g/mol. The molecule has 16 heavy (non-hydrogen) atoms. The number of hydrogen-bond acceptors (Lipinski definition) is 4. The summed E-state index contributed by atoms with van der Waals surface area (Å²) in [5.74, 6) is 0.832. The quantitative estimate of drug-likeness (QED) is 0.823. The van der Waals surface area contributed by atoms with Gasteiger partial charge in [0, 0.05) is 13.1 Å². The van der Waals surface area contributed by atoms with E-state index in [1.165, 1.54) is 0 Å². The van der Waals surface area contributed by atoms with Gasteiger partial charge < -0.3 is 19.5 Å². The van der Waals surface area contributed by atoms with Crippen LogP contribution in [0.15, 0.2) is 24.3 Å². The molecule has 1 aliphatic rings. The Morgan fingerprint density at radius 3 is 2.75 bits per heavy atom. The average molecular weight is 223 g/mol. The van der Waals surface area contributed by atoms with E-state index in [-0.39, 0.29) is 6.61 Å². The first kappa shape index (κ1) is 11.2. The highest BCUT2D eigenvalue weighted by atomic mass is 16.5. The molecule has 4 heteroatoms. The van der Waals surface area contributed by atoms with Gasteiger partial charge in [-0.15, -0.1) is 0 Å². The lowest BCUT2D eigenvalue weighted by molar-refractivity contribution is 0.122. The van der Waals surface area contributed by atoms with E-state index in [0.29, 0.717) is 6.61 Å². The topological polar surface area (TPSA) is 41.9 Å². The average Bonchev–Trinajstić information content (AvgIpc) is 2.38. The maximum atomic E-state index is 8.77. The minimum absolute atomic E-state index is 0.0391. The van der Waals surface area contributed by atoms with E-state index in [1.54, 1.807) is 0 Å². The minimum atomic E-state index is 0.0391. The summed E-state index contributed by atoms with van der Waals surface area (Å²) >= 11 is 0. The lowest BCUT2D eigenvalue weighted by Crippen LogP contribution is -2.36. The third-order valence-corrected chi connectivity index (χ3v) is 2.57. The molecule has 1 aromatic carbocycles. The molecule has 1 aromatic rings. The van der Waals surface area contributed by atoms with Crippen molar-refractivity contribution >= 4 is 5.69 Å². The van der Waals surface area contributed by atoms with Crippen LogP contribution in [0.25, 0.3) is 0 Å². The molecule has 0 spiro atoms. The van der Waals surface area contributed by atoms with Crippen LogP contribution >= 0.6 is 0 Å². The van der Waals surface area contributed by atoms with Crippen molar-refractivity contribution in [3.8, 4) is 5.75 Å². The highest BCUT2D eigenvalue weighted by Gasteiger charge is 2.14. The monoisotopic (exact) mass is 223 g/mol. The van der Waals surface area contributed by atoms with Gasteiger partial charge in [0.15, 0.2) is 0 Å². The summed E-state index contributed by atoms with van der Waals surface area (Å²) in [5.41, 5.74) is 1.08. The van der Waals surface area contributed by atoms with Crippen LogP contribution in [0.5, 0.6) is 5.75 Å². The summed E-state index contributed by atoms with van der Waals surface area (Å²) in [6.45, 7) is 3.67. The highest BCUT2D eigenvalue weighted by molar-refractivity contribution is 5.58. The third kappa shape index (κ3) is 2.65. The van der Waals surface area contributed by atoms with Gasteiger partial charge in [-0.1, -0.05) is 12.1 Å². The van der Waals surface area contributed by atoms with E-state index in [0.717, 1.165) is 37.7 Å². The summed E-state index contributed by atoms with van der Waals surface area (Å²) < 4.78 is 10.8. The Bertz CT molecular complexity index is 324.